The minimum absolute atomic E-state index is 0.0128. The van der Waals surface area contributed by atoms with E-state index in [9.17, 15) is 14.4 Å². The summed E-state index contributed by atoms with van der Waals surface area (Å²) in [5, 5.41) is 2.99. The number of esters is 1. The highest BCUT2D eigenvalue weighted by Crippen LogP contribution is 2.46. The molecule has 1 spiro atoms. The highest BCUT2D eigenvalue weighted by Gasteiger charge is 2.60. The molecule has 0 aromatic heterocycles. The SMILES string of the molecule is CCCCCCCCCCOc1cc2cc(c1C(=O)c1c(C=O)ccc3c1OC3OC)C(=O)O[C@]1(CN(C(=O)OCc3ccccc3)C[C@@H]1NC(=O)c1ccc(OCc3ccccc3)cc1)[C@H](OC)O2. The highest BCUT2D eigenvalue weighted by atomic mass is 16.7. The zero-order chi connectivity index (χ0) is 49.0. The van der Waals surface area contributed by atoms with Gasteiger partial charge in [-0.3, -0.25) is 14.4 Å². The smallest absolute Gasteiger partial charge is 0.410 e. The molecule has 1 unspecified atom stereocenters. The number of nitrogens with zero attached hydrogens (tertiary/aromatic N) is 1. The largest absolute Gasteiger partial charge is 0.493 e. The van der Waals surface area contributed by atoms with Crippen molar-refractivity contribution in [3.63, 3.8) is 0 Å². The molecular formula is C55H58N2O13. The molecule has 1 N–H and O–H groups in total. The van der Waals surface area contributed by atoms with Gasteiger partial charge in [-0.15, -0.1) is 0 Å². The van der Waals surface area contributed by atoms with Crippen molar-refractivity contribution in [2.45, 2.75) is 95.7 Å². The standard InChI is InChI=1S/C55H58N2O13/c1-4-5-6-7-8-9-10-17-28-65-44-30-41-29-43(47(44)48(59)46-39(32-58)24-27-42-49(46)69-52(42)63-2)51(61)70-55(53(64-3)68-41)35-57(54(62)67-34-37-20-15-12-16-21-37)31-45(55)56-50(60)38-22-25-40(26-23-38)66-33-36-18-13-11-14-19-36/h11-16,18-27,29-30,32,45,52-53H,4-10,17,28,31,33-35H2,1-3H3,(H,56,60)/t45-,52?,53+,55-/m0/s1. The van der Waals surface area contributed by atoms with Gasteiger partial charge in [-0.1, -0.05) is 119 Å². The summed E-state index contributed by atoms with van der Waals surface area (Å²) in [4.78, 5) is 72.1. The minimum atomic E-state index is -1.94. The lowest BCUT2D eigenvalue weighted by Gasteiger charge is -2.40. The fourth-order valence-corrected chi connectivity index (χ4v) is 9.00. The maximum absolute atomic E-state index is 15.1. The Hall–Kier alpha value is -7.23. The lowest BCUT2D eigenvalue weighted by molar-refractivity contribution is -0.188. The predicted octanol–water partition coefficient (Wildman–Crippen LogP) is 9.58. The van der Waals surface area contributed by atoms with Crippen LogP contribution in [0.15, 0.2) is 109 Å². The van der Waals surface area contributed by atoms with Gasteiger partial charge in [0.2, 0.25) is 24.0 Å². The lowest BCUT2D eigenvalue weighted by Crippen LogP contribution is -2.63. The van der Waals surface area contributed by atoms with Crippen LogP contribution >= 0.6 is 0 Å². The molecule has 0 radical (unpaired) electrons. The molecule has 366 valence electrons. The molecule has 2 bridgehead atoms. The number of nitrogens with one attached hydrogen (secondary N) is 1. The Balaban J connectivity index is 1.12. The quantitative estimate of drug-likeness (QED) is 0.0301. The number of aldehydes is 1. The van der Waals surface area contributed by atoms with Crippen LogP contribution in [0.4, 0.5) is 4.79 Å². The number of fused-ring (bicyclic) bond motifs is 3. The van der Waals surface area contributed by atoms with Gasteiger partial charge in [0.1, 0.15) is 36.2 Å². The monoisotopic (exact) mass is 954 g/mol. The molecule has 8 rings (SSSR count). The first-order chi connectivity index (χ1) is 34.2. The first-order valence-corrected chi connectivity index (χ1v) is 23.8. The second-order valence-corrected chi connectivity index (χ2v) is 17.5. The maximum Gasteiger partial charge on any atom is 0.410 e. The van der Waals surface area contributed by atoms with Gasteiger partial charge in [0.15, 0.2) is 6.29 Å². The maximum atomic E-state index is 15.1. The summed E-state index contributed by atoms with van der Waals surface area (Å²) in [5.74, 6) is -1.55. The van der Waals surface area contributed by atoms with Crippen molar-refractivity contribution < 1.29 is 61.9 Å². The van der Waals surface area contributed by atoms with Gasteiger partial charge in [-0.2, -0.15) is 0 Å². The molecular weight excluding hydrogens is 897 g/mol. The summed E-state index contributed by atoms with van der Waals surface area (Å²) in [5.41, 5.74) is 0.0641. The number of ketones is 1. The minimum Gasteiger partial charge on any atom is -0.493 e. The van der Waals surface area contributed by atoms with Crippen LogP contribution in [0.1, 0.15) is 128 Å². The number of amides is 2. The average Bonchev–Trinajstić information content (AvgIpc) is 3.74. The summed E-state index contributed by atoms with van der Waals surface area (Å²) in [6.45, 7) is 2.11. The van der Waals surface area contributed by atoms with E-state index in [0.717, 1.165) is 36.8 Å². The number of hydrogen-bond donors (Lipinski definition) is 1. The Morgan fingerprint density at radius 2 is 1.46 bits per heavy atom. The molecule has 3 aliphatic rings. The normalized spacial score (nSPS) is 18.8. The number of likely N-dealkylation sites (tertiary alicyclic amines) is 1. The van der Waals surface area contributed by atoms with Gasteiger partial charge in [0.25, 0.3) is 5.91 Å². The Kier molecular flexibility index (Phi) is 16.1. The third-order valence-corrected chi connectivity index (χ3v) is 12.7. The van der Waals surface area contributed by atoms with Crippen molar-refractivity contribution in [2.75, 3.05) is 33.9 Å². The Labute approximate surface area is 407 Å². The molecule has 5 aromatic rings. The summed E-state index contributed by atoms with van der Waals surface area (Å²) < 4.78 is 48.3. The van der Waals surface area contributed by atoms with Crippen LogP contribution in [0.25, 0.3) is 0 Å². The number of carbonyl (C=O) groups excluding carboxylic acids is 5. The van der Waals surface area contributed by atoms with E-state index in [1.165, 1.54) is 56.6 Å². The van der Waals surface area contributed by atoms with Crippen molar-refractivity contribution in [1.82, 2.24) is 10.2 Å². The van der Waals surface area contributed by atoms with Crippen LogP contribution in [0.3, 0.4) is 0 Å². The molecule has 3 aliphatic heterocycles. The van der Waals surface area contributed by atoms with Crippen molar-refractivity contribution in [2.24, 2.45) is 0 Å². The molecule has 70 heavy (non-hydrogen) atoms. The first kappa shape index (κ1) is 49.2. The van der Waals surface area contributed by atoms with Crippen molar-refractivity contribution >= 4 is 30.0 Å². The van der Waals surface area contributed by atoms with Gasteiger partial charge in [-0.25, -0.2) is 9.59 Å². The highest BCUT2D eigenvalue weighted by molar-refractivity contribution is 6.20. The molecule has 15 heteroatoms. The topological polar surface area (TPSA) is 174 Å². The van der Waals surface area contributed by atoms with Gasteiger partial charge < -0.3 is 48.1 Å². The number of benzene rings is 5. The molecule has 0 aliphatic carbocycles. The third-order valence-electron chi connectivity index (χ3n) is 12.7. The van der Waals surface area contributed by atoms with E-state index in [1.54, 1.807) is 30.3 Å². The average molecular weight is 955 g/mol. The molecule has 5 aromatic carbocycles. The zero-order valence-corrected chi connectivity index (χ0v) is 39.6. The van der Waals surface area contributed by atoms with Crippen LogP contribution in [-0.2, 0) is 32.2 Å². The molecule has 1 fully saturated rings. The first-order valence-electron chi connectivity index (χ1n) is 23.8. The van der Waals surface area contributed by atoms with Crippen LogP contribution in [-0.4, -0.2) is 86.8 Å². The van der Waals surface area contributed by atoms with Gasteiger partial charge >= 0.3 is 12.1 Å². The fraction of sp³-hybridized carbons (Fsp3) is 0.364. The number of unbranched alkanes of at least 4 members (excludes halogenated alkanes) is 7. The summed E-state index contributed by atoms with van der Waals surface area (Å²) >= 11 is 0. The zero-order valence-electron chi connectivity index (χ0n) is 39.6. The van der Waals surface area contributed by atoms with E-state index in [1.807, 2.05) is 60.7 Å². The second-order valence-electron chi connectivity index (χ2n) is 17.5. The van der Waals surface area contributed by atoms with Crippen LogP contribution < -0.4 is 24.3 Å². The van der Waals surface area contributed by atoms with Crippen molar-refractivity contribution in [1.29, 1.82) is 0 Å². The molecule has 2 amide bonds. The molecule has 15 nitrogen and oxygen atoms in total. The fourth-order valence-electron chi connectivity index (χ4n) is 9.00. The van der Waals surface area contributed by atoms with Crippen LogP contribution in [0.5, 0.6) is 23.0 Å². The summed E-state index contributed by atoms with van der Waals surface area (Å²) in [7, 11) is 2.81. The van der Waals surface area contributed by atoms with Crippen molar-refractivity contribution in [3.8, 4) is 23.0 Å². The van der Waals surface area contributed by atoms with Crippen molar-refractivity contribution in [3.05, 3.63) is 154 Å². The van der Waals surface area contributed by atoms with E-state index in [2.05, 4.69) is 12.2 Å². The van der Waals surface area contributed by atoms with Crippen LogP contribution in [0.2, 0.25) is 0 Å². The van der Waals surface area contributed by atoms with E-state index < -0.39 is 48.0 Å². The van der Waals surface area contributed by atoms with Gasteiger partial charge in [0.05, 0.1) is 41.4 Å². The van der Waals surface area contributed by atoms with E-state index >= 15 is 9.59 Å². The Morgan fingerprint density at radius 3 is 2.13 bits per heavy atom. The number of rotatable bonds is 22. The Bertz CT molecular complexity index is 2640. The molecule has 0 saturated carbocycles. The molecule has 4 atom stereocenters. The Morgan fingerprint density at radius 1 is 0.771 bits per heavy atom. The van der Waals surface area contributed by atoms with Gasteiger partial charge in [0, 0.05) is 38.0 Å². The van der Waals surface area contributed by atoms with Crippen LogP contribution in [0, 0.1) is 0 Å². The second kappa shape index (κ2) is 22.9. The number of hydrogen-bond acceptors (Lipinski definition) is 13. The summed E-state index contributed by atoms with van der Waals surface area (Å²) in [6, 6.07) is 30.1. The van der Waals surface area contributed by atoms with Gasteiger partial charge in [-0.05, 0) is 53.9 Å². The summed E-state index contributed by atoms with van der Waals surface area (Å²) in [6.07, 6.45) is 5.95. The number of methoxy groups -OCH3 is 2. The van der Waals surface area contributed by atoms with E-state index in [0.29, 0.717) is 30.6 Å². The molecule has 1 saturated heterocycles. The van der Waals surface area contributed by atoms with E-state index in [4.69, 9.17) is 37.9 Å². The lowest BCUT2D eigenvalue weighted by atomic mass is 9.89. The number of carbonyl (C=O) groups is 5. The number of ether oxygens (including phenoxy) is 8. The predicted molar refractivity (Wildman–Crippen MR) is 256 cm³/mol. The molecule has 3 heterocycles. The third kappa shape index (κ3) is 11.0. The van der Waals surface area contributed by atoms with E-state index in [-0.39, 0.29) is 71.4 Å².